The van der Waals surface area contributed by atoms with E-state index in [1.54, 1.807) is 4.90 Å². The Bertz CT molecular complexity index is 832. The van der Waals surface area contributed by atoms with Gasteiger partial charge in [-0.15, -0.1) is 0 Å². The largest absolute Gasteiger partial charge is 0.368 e. The van der Waals surface area contributed by atoms with E-state index in [0.717, 1.165) is 30.1 Å². The third kappa shape index (κ3) is 3.89. The molecule has 0 unspecified atom stereocenters. The van der Waals surface area contributed by atoms with E-state index in [9.17, 15) is 14.4 Å². The Kier molecular flexibility index (Phi) is 5.24. The highest BCUT2D eigenvalue weighted by atomic mass is 16.2. The minimum atomic E-state index is -0.857. The molecule has 30 heavy (non-hydrogen) atoms. The second-order valence-electron chi connectivity index (χ2n) is 9.96. The molecule has 2 saturated heterocycles. The topological polar surface area (TPSA) is 73.0 Å². The number of hydrogen-bond donors (Lipinski definition) is 1. The standard InChI is InChI=1S/C23H32N4O3/c1-17-13-22(2,3)16-23(14-17)20(29)27(21(30)24-23)15-19(28)26-11-9-25(10-12-26)18-7-5-4-6-8-18/h4-8,17H,9-16H2,1-3H3,(H,24,30)/t17-,23-/m0/s1. The van der Waals surface area contributed by atoms with Gasteiger partial charge in [0.2, 0.25) is 5.91 Å². The summed E-state index contributed by atoms with van der Waals surface area (Å²) in [6, 6.07) is 9.71. The van der Waals surface area contributed by atoms with Crippen molar-refractivity contribution in [1.29, 1.82) is 0 Å². The maximum Gasteiger partial charge on any atom is 0.325 e. The van der Waals surface area contributed by atoms with Crippen LogP contribution in [0.25, 0.3) is 0 Å². The van der Waals surface area contributed by atoms with Crippen LogP contribution in [0.2, 0.25) is 0 Å². The molecular formula is C23H32N4O3. The summed E-state index contributed by atoms with van der Waals surface area (Å²) in [5, 5.41) is 2.95. The molecule has 0 aromatic heterocycles. The van der Waals surface area contributed by atoms with Crippen LogP contribution in [0.3, 0.4) is 0 Å². The zero-order valence-electron chi connectivity index (χ0n) is 18.2. The predicted octanol–water partition coefficient (Wildman–Crippen LogP) is 2.47. The molecule has 1 saturated carbocycles. The van der Waals surface area contributed by atoms with E-state index < -0.39 is 11.6 Å². The average molecular weight is 413 g/mol. The first-order valence-corrected chi connectivity index (χ1v) is 10.9. The average Bonchev–Trinajstić information content (AvgIpc) is 2.90. The Morgan fingerprint density at radius 2 is 1.73 bits per heavy atom. The fourth-order valence-electron chi connectivity index (χ4n) is 5.74. The van der Waals surface area contributed by atoms with E-state index in [2.05, 4.69) is 43.1 Å². The highest BCUT2D eigenvalue weighted by Crippen LogP contribution is 2.46. The first-order chi connectivity index (χ1) is 14.2. The maximum atomic E-state index is 13.2. The van der Waals surface area contributed by atoms with Gasteiger partial charge in [0, 0.05) is 31.9 Å². The summed E-state index contributed by atoms with van der Waals surface area (Å²) in [4.78, 5) is 43.9. The van der Waals surface area contributed by atoms with Crippen molar-refractivity contribution < 1.29 is 14.4 Å². The Balaban J connectivity index is 1.38. The zero-order valence-corrected chi connectivity index (χ0v) is 18.2. The van der Waals surface area contributed by atoms with Gasteiger partial charge in [-0.2, -0.15) is 0 Å². The zero-order chi connectivity index (χ0) is 21.5. The molecule has 2 heterocycles. The van der Waals surface area contributed by atoms with E-state index in [0.29, 0.717) is 31.8 Å². The molecular weight excluding hydrogens is 380 g/mol. The number of hydrogen-bond acceptors (Lipinski definition) is 4. The molecule has 1 aliphatic carbocycles. The Hall–Kier alpha value is -2.57. The molecule has 4 amide bonds. The minimum absolute atomic E-state index is 0.0195. The lowest BCUT2D eigenvalue weighted by Crippen LogP contribution is -2.55. The molecule has 3 fully saturated rings. The van der Waals surface area contributed by atoms with Gasteiger partial charge in [0.05, 0.1) is 0 Å². The van der Waals surface area contributed by atoms with E-state index in [4.69, 9.17) is 0 Å². The van der Waals surface area contributed by atoms with Crippen molar-refractivity contribution in [2.75, 3.05) is 37.6 Å². The third-order valence-corrected chi connectivity index (χ3v) is 6.67. The van der Waals surface area contributed by atoms with Gasteiger partial charge in [0.25, 0.3) is 5.91 Å². The molecule has 1 aromatic carbocycles. The number of urea groups is 1. The van der Waals surface area contributed by atoms with Crippen LogP contribution in [0.15, 0.2) is 30.3 Å². The number of imide groups is 1. The molecule has 2 atom stereocenters. The maximum absolute atomic E-state index is 13.2. The summed E-state index contributed by atoms with van der Waals surface area (Å²) in [5.41, 5.74) is 0.272. The Morgan fingerprint density at radius 3 is 2.37 bits per heavy atom. The van der Waals surface area contributed by atoms with Crippen LogP contribution in [-0.2, 0) is 9.59 Å². The molecule has 1 spiro atoms. The summed E-state index contributed by atoms with van der Waals surface area (Å²) in [7, 11) is 0. The van der Waals surface area contributed by atoms with Crippen LogP contribution in [-0.4, -0.2) is 65.9 Å². The second-order valence-corrected chi connectivity index (χ2v) is 9.96. The molecule has 0 radical (unpaired) electrons. The van der Waals surface area contributed by atoms with Crippen molar-refractivity contribution in [3.63, 3.8) is 0 Å². The number of nitrogens with zero attached hydrogens (tertiary/aromatic N) is 3. The van der Waals surface area contributed by atoms with E-state index in [1.165, 1.54) is 0 Å². The Morgan fingerprint density at radius 1 is 1.07 bits per heavy atom. The lowest BCUT2D eigenvalue weighted by molar-refractivity contribution is -0.140. The van der Waals surface area contributed by atoms with E-state index in [-0.39, 0.29) is 23.8 Å². The molecule has 7 heteroatoms. The van der Waals surface area contributed by atoms with Gasteiger partial charge in [-0.05, 0) is 42.7 Å². The summed E-state index contributed by atoms with van der Waals surface area (Å²) >= 11 is 0. The molecule has 1 N–H and O–H groups in total. The molecule has 1 aromatic rings. The summed E-state index contributed by atoms with van der Waals surface area (Å²) in [6.07, 6.45) is 2.29. The number of piperazine rings is 1. The summed E-state index contributed by atoms with van der Waals surface area (Å²) in [5.74, 6) is -0.0468. The number of anilines is 1. The first kappa shape index (κ1) is 20.7. The SMILES string of the molecule is C[C@H]1CC(C)(C)C[C@]2(C1)NC(=O)N(CC(=O)N1CCN(c3ccccc3)CC1)C2=O. The van der Waals surface area contributed by atoms with Crippen molar-refractivity contribution in [2.45, 2.75) is 45.6 Å². The first-order valence-electron chi connectivity index (χ1n) is 10.9. The predicted molar refractivity (Wildman–Crippen MR) is 115 cm³/mol. The van der Waals surface area contributed by atoms with Gasteiger partial charge in [0.1, 0.15) is 12.1 Å². The van der Waals surface area contributed by atoms with Gasteiger partial charge in [-0.25, -0.2) is 4.79 Å². The van der Waals surface area contributed by atoms with Gasteiger partial charge >= 0.3 is 6.03 Å². The molecule has 4 rings (SSSR count). The number of carbonyl (C=O) groups is 3. The Labute approximate surface area is 178 Å². The number of amides is 4. The van der Waals surface area contributed by atoms with E-state index in [1.807, 2.05) is 18.2 Å². The lowest BCUT2D eigenvalue weighted by atomic mass is 9.64. The summed E-state index contributed by atoms with van der Waals surface area (Å²) in [6.45, 7) is 8.90. The minimum Gasteiger partial charge on any atom is -0.368 e. The molecule has 7 nitrogen and oxygen atoms in total. The third-order valence-electron chi connectivity index (χ3n) is 6.67. The van der Waals surface area contributed by atoms with Crippen molar-refractivity contribution in [2.24, 2.45) is 11.3 Å². The lowest BCUT2D eigenvalue weighted by Gasteiger charge is -2.43. The number of nitrogens with one attached hydrogen (secondary N) is 1. The van der Waals surface area contributed by atoms with Crippen LogP contribution >= 0.6 is 0 Å². The quantitative estimate of drug-likeness (QED) is 0.774. The van der Waals surface area contributed by atoms with Gasteiger partial charge < -0.3 is 15.1 Å². The van der Waals surface area contributed by atoms with Gasteiger partial charge in [-0.1, -0.05) is 39.0 Å². The fourth-order valence-corrected chi connectivity index (χ4v) is 5.74. The summed E-state index contributed by atoms with van der Waals surface area (Å²) < 4.78 is 0. The molecule has 2 aliphatic heterocycles. The second kappa shape index (κ2) is 7.60. The van der Waals surface area contributed by atoms with E-state index >= 15 is 0 Å². The monoisotopic (exact) mass is 412 g/mol. The van der Waals surface area contributed by atoms with Crippen LogP contribution in [0.5, 0.6) is 0 Å². The number of benzene rings is 1. The van der Waals surface area contributed by atoms with Crippen molar-refractivity contribution >= 4 is 23.5 Å². The highest BCUT2D eigenvalue weighted by molar-refractivity contribution is 6.09. The van der Waals surface area contributed by atoms with Gasteiger partial charge in [0.15, 0.2) is 0 Å². The number of rotatable bonds is 3. The normalized spacial score (nSPS) is 28.8. The van der Waals surface area contributed by atoms with Crippen molar-refractivity contribution in [3.8, 4) is 0 Å². The van der Waals surface area contributed by atoms with Crippen LogP contribution < -0.4 is 10.2 Å². The van der Waals surface area contributed by atoms with Crippen LogP contribution in [0.4, 0.5) is 10.5 Å². The fraction of sp³-hybridized carbons (Fsp3) is 0.609. The van der Waals surface area contributed by atoms with Gasteiger partial charge in [-0.3, -0.25) is 14.5 Å². The molecule has 0 bridgehead atoms. The van der Waals surface area contributed by atoms with Crippen LogP contribution in [0.1, 0.15) is 40.0 Å². The van der Waals surface area contributed by atoms with Crippen LogP contribution in [0, 0.1) is 11.3 Å². The highest BCUT2D eigenvalue weighted by Gasteiger charge is 2.56. The smallest absolute Gasteiger partial charge is 0.325 e. The molecule has 162 valence electrons. The van der Waals surface area contributed by atoms with Crippen molar-refractivity contribution in [1.82, 2.24) is 15.1 Å². The molecule has 3 aliphatic rings. The van der Waals surface area contributed by atoms with Crippen molar-refractivity contribution in [3.05, 3.63) is 30.3 Å². The number of carbonyl (C=O) groups excluding carboxylic acids is 3. The number of para-hydroxylation sites is 1.